The molecule has 134 valence electrons. The summed E-state index contributed by atoms with van der Waals surface area (Å²) in [7, 11) is 0. The molecule has 0 atom stereocenters. The number of nitrogens with zero attached hydrogens (tertiary/aromatic N) is 3. The lowest BCUT2D eigenvalue weighted by Gasteiger charge is -2.33. The summed E-state index contributed by atoms with van der Waals surface area (Å²) in [6.07, 6.45) is 2.54. The molecule has 3 rings (SSSR count). The van der Waals surface area contributed by atoms with E-state index in [0.29, 0.717) is 24.1 Å². The fourth-order valence-corrected chi connectivity index (χ4v) is 4.26. The van der Waals surface area contributed by atoms with Crippen LogP contribution in [-0.4, -0.2) is 48.8 Å². The van der Waals surface area contributed by atoms with E-state index in [1.165, 1.54) is 0 Å². The van der Waals surface area contributed by atoms with Crippen molar-refractivity contribution in [1.29, 1.82) is 0 Å². The van der Waals surface area contributed by atoms with E-state index >= 15 is 0 Å². The van der Waals surface area contributed by atoms with Crippen LogP contribution in [0.15, 0.2) is 12.3 Å². The van der Waals surface area contributed by atoms with E-state index in [1.807, 2.05) is 13.8 Å². The number of pyridine rings is 1. The van der Waals surface area contributed by atoms with Gasteiger partial charge in [0.2, 0.25) is 0 Å². The fourth-order valence-electron chi connectivity index (χ4n) is 3.07. The van der Waals surface area contributed by atoms with Crippen LogP contribution in [0.1, 0.15) is 48.8 Å². The number of carboxylic acids is 1. The molecule has 2 N–H and O–H groups in total. The third-order valence-corrected chi connectivity index (χ3v) is 5.59. The summed E-state index contributed by atoms with van der Waals surface area (Å²) in [5.74, 6) is 0.0903. The summed E-state index contributed by atoms with van der Waals surface area (Å²) < 4.78 is 1.81. The number of hydrogen-bond acceptors (Lipinski definition) is 5. The highest BCUT2D eigenvalue weighted by Gasteiger charge is 2.41. The quantitative estimate of drug-likeness (QED) is 0.867. The second-order valence-corrected chi connectivity index (χ2v) is 7.90. The smallest absolute Gasteiger partial charge is 0.329 e. The van der Waals surface area contributed by atoms with Gasteiger partial charge in [-0.3, -0.25) is 4.79 Å². The lowest BCUT2D eigenvalue weighted by Crippen LogP contribution is -2.56. The average Bonchev–Trinajstić information content (AvgIpc) is 2.97. The van der Waals surface area contributed by atoms with Crippen LogP contribution in [0.5, 0.6) is 0 Å². The second kappa shape index (κ2) is 6.67. The Bertz CT molecular complexity index is 825. The third-order valence-electron chi connectivity index (χ3n) is 4.60. The van der Waals surface area contributed by atoms with Crippen LogP contribution < -0.4 is 5.32 Å². The summed E-state index contributed by atoms with van der Waals surface area (Å²) in [5.41, 5.74) is 0.505. The molecule has 0 unspecified atom stereocenters. The van der Waals surface area contributed by atoms with Gasteiger partial charge in [-0.1, -0.05) is 0 Å². The zero-order chi connectivity index (χ0) is 18.2. The van der Waals surface area contributed by atoms with Crippen molar-refractivity contribution in [2.24, 2.45) is 0 Å². The van der Waals surface area contributed by atoms with E-state index in [2.05, 4.69) is 15.4 Å². The Balaban J connectivity index is 1.94. The number of aliphatic carboxylic acids is 1. The number of carbonyl (C=O) groups is 2. The summed E-state index contributed by atoms with van der Waals surface area (Å²) in [6, 6.07) is 1.91. The van der Waals surface area contributed by atoms with Crippen molar-refractivity contribution in [2.75, 3.05) is 11.5 Å². The molecule has 0 bridgehead atoms. The molecule has 0 spiro atoms. The zero-order valence-corrected chi connectivity index (χ0v) is 15.4. The summed E-state index contributed by atoms with van der Waals surface area (Å²) in [6.45, 7) is 5.79. The molecule has 0 saturated carbocycles. The van der Waals surface area contributed by atoms with Gasteiger partial charge in [0.05, 0.1) is 17.5 Å². The molecular formula is C17H22N4O3S. The van der Waals surface area contributed by atoms with Gasteiger partial charge in [-0.25, -0.2) is 14.5 Å². The Labute approximate surface area is 150 Å². The molecule has 2 aromatic rings. The monoisotopic (exact) mass is 362 g/mol. The number of rotatable bonds is 4. The van der Waals surface area contributed by atoms with Gasteiger partial charge in [0.25, 0.3) is 5.91 Å². The molecule has 1 fully saturated rings. The van der Waals surface area contributed by atoms with E-state index in [9.17, 15) is 14.7 Å². The maximum Gasteiger partial charge on any atom is 0.329 e. The maximum absolute atomic E-state index is 12.8. The number of amides is 1. The van der Waals surface area contributed by atoms with Crippen molar-refractivity contribution in [3.05, 3.63) is 23.5 Å². The molecule has 3 heterocycles. The number of carbonyl (C=O) groups excluding carboxylic acids is 1. The van der Waals surface area contributed by atoms with Crippen LogP contribution in [0.3, 0.4) is 0 Å². The van der Waals surface area contributed by atoms with Gasteiger partial charge >= 0.3 is 5.97 Å². The number of nitrogens with one attached hydrogen (secondary N) is 1. The number of fused-ring (bicyclic) bond motifs is 1. The van der Waals surface area contributed by atoms with Gasteiger partial charge in [-0.15, -0.1) is 0 Å². The standard InChI is InChI=1S/C17H22N4O3S/c1-10(2)21-14-12(9-18-21)8-13(11(3)19-14)15(22)20-17(16(23)24)4-6-25-7-5-17/h8-10H,4-7H2,1-3H3,(H,20,22)(H,23,24). The first-order chi connectivity index (χ1) is 11.8. The van der Waals surface area contributed by atoms with Crippen LogP contribution in [-0.2, 0) is 4.79 Å². The largest absolute Gasteiger partial charge is 0.480 e. The lowest BCUT2D eigenvalue weighted by molar-refractivity contribution is -0.144. The molecule has 1 aliphatic rings. The van der Waals surface area contributed by atoms with Crippen LogP contribution >= 0.6 is 11.8 Å². The highest BCUT2D eigenvalue weighted by Crippen LogP contribution is 2.28. The van der Waals surface area contributed by atoms with Crippen molar-refractivity contribution in [2.45, 2.75) is 45.2 Å². The molecule has 1 aliphatic heterocycles. The molecule has 0 radical (unpaired) electrons. The van der Waals surface area contributed by atoms with Gasteiger partial charge < -0.3 is 10.4 Å². The molecule has 8 heteroatoms. The van der Waals surface area contributed by atoms with Gasteiger partial charge in [0, 0.05) is 11.4 Å². The Morgan fingerprint density at radius 2 is 2.04 bits per heavy atom. The topological polar surface area (TPSA) is 97.1 Å². The normalized spacial score (nSPS) is 17.0. The maximum atomic E-state index is 12.8. The predicted octanol–water partition coefficient (Wildman–Crippen LogP) is 2.40. The van der Waals surface area contributed by atoms with Crippen LogP contribution in [0.2, 0.25) is 0 Å². The highest BCUT2D eigenvalue weighted by atomic mass is 32.2. The van der Waals surface area contributed by atoms with E-state index in [4.69, 9.17) is 0 Å². The van der Waals surface area contributed by atoms with Gasteiger partial charge in [-0.05, 0) is 51.2 Å². The lowest BCUT2D eigenvalue weighted by atomic mass is 9.91. The molecular weight excluding hydrogens is 340 g/mol. The van der Waals surface area contributed by atoms with Crippen LogP contribution in [0.4, 0.5) is 0 Å². The minimum atomic E-state index is -1.19. The molecule has 7 nitrogen and oxygen atoms in total. The predicted molar refractivity (Wildman–Crippen MR) is 97.0 cm³/mol. The van der Waals surface area contributed by atoms with Crippen molar-refractivity contribution < 1.29 is 14.7 Å². The number of hydrogen-bond donors (Lipinski definition) is 2. The number of aromatic nitrogens is 3. The highest BCUT2D eigenvalue weighted by molar-refractivity contribution is 7.99. The number of carboxylic acid groups (broad SMARTS) is 1. The van der Waals surface area contributed by atoms with Crippen molar-refractivity contribution in [3.63, 3.8) is 0 Å². The minimum absolute atomic E-state index is 0.166. The fraction of sp³-hybridized carbons (Fsp3) is 0.529. The Kier molecular flexibility index (Phi) is 4.73. The zero-order valence-electron chi connectivity index (χ0n) is 14.6. The Morgan fingerprint density at radius 1 is 1.36 bits per heavy atom. The molecule has 1 saturated heterocycles. The van der Waals surface area contributed by atoms with E-state index in [0.717, 1.165) is 22.5 Å². The Morgan fingerprint density at radius 3 is 2.64 bits per heavy atom. The Hall–Kier alpha value is -2.09. The summed E-state index contributed by atoms with van der Waals surface area (Å²) in [5, 5.41) is 17.5. The second-order valence-electron chi connectivity index (χ2n) is 6.67. The van der Waals surface area contributed by atoms with E-state index < -0.39 is 17.4 Å². The first-order valence-corrected chi connectivity index (χ1v) is 9.48. The molecule has 1 amide bonds. The molecule has 0 aliphatic carbocycles. The van der Waals surface area contributed by atoms with Gasteiger partial charge in [0.15, 0.2) is 5.65 Å². The molecule has 0 aromatic carbocycles. The van der Waals surface area contributed by atoms with Crippen molar-refractivity contribution >= 4 is 34.7 Å². The SMILES string of the molecule is Cc1nc2c(cnn2C(C)C)cc1C(=O)NC1(C(=O)O)CCSCC1. The van der Waals surface area contributed by atoms with Crippen molar-refractivity contribution in [3.8, 4) is 0 Å². The third kappa shape index (κ3) is 3.22. The number of thioether (sulfide) groups is 1. The molecule has 2 aromatic heterocycles. The first-order valence-electron chi connectivity index (χ1n) is 8.32. The average molecular weight is 362 g/mol. The van der Waals surface area contributed by atoms with Gasteiger partial charge in [0.1, 0.15) is 5.54 Å². The van der Waals surface area contributed by atoms with Gasteiger partial charge in [-0.2, -0.15) is 16.9 Å². The minimum Gasteiger partial charge on any atom is -0.480 e. The summed E-state index contributed by atoms with van der Waals surface area (Å²) >= 11 is 1.71. The van der Waals surface area contributed by atoms with Crippen molar-refractivity contribution in [1.82, 2.24) is 20.1 Å². The van der Waals surface area contributed by atoms with E-state index in [1.54, 1.807) is 35.6 Å². The van der Waals surface area contributed by atoms with E-state index in [-0.39, 0.29) is 6.04 Å². The van der Waals surface area contributed by atoms with Crippen LogP contribution in [0, 0.1) is 6.92 Å². The first kappa shape index (κ1) is 17.7. The number of aryl methyl sites for hydroxylation is 1. The summed E-state index contributed by atoms with van der Waals surface area (Å²) in [4.78, 5) is 29.1. The van der Waals surface area contributed by atoms with Crippen LogP contribution in [0.25, 0.3) is 11.0 Å². The molecule has 25 heavy (non-hydrogen) atoms.